The molecule has 2 unspecified atom stereocenters. The van der Waals surface area contributed by atoms with Gasteiger partial charge in [0.15, 0.2) is 0 Å². The highest BCUT2D eigenvalue weighted by atomic mass is 19.4. The van der Waals surface area contributed by atoms with E-state index in [1.54, 1.807) is 6.07 Å². The molecular formula is C21H21F4NO3. The maximum absolute atomic E-state index is 14.0. The van der Waals surface area contributed by atoms with E-state index in [2.05, 4.69) is 4.74 Å². The zero-order valence-electron chi connectivity index (χ0n) is 15.8. The summed E-state index contributed by atoms with van der Waals surface area (Å²) < 4.78 is 60.1. The molecule has 0 N–H and O–H groups in total. The van der Waals surface area contributed by atoms with Crippen LogP contribution in [0.25, 0.3) is 0 Å². The number of piperidine rings is 1. The zero-order valence-corrected chi connectivity index (χ0v) is 15.8. The SMILES string of the molecule is COc1cc(F)cc(C2CCCC(C=O)N2Cc2ccc(OC(F)(F)F)cc2)c1. The molecule has 0 aliphatic carbocycles. The van der Waals surface area contributed by atoms with Gasteiger partial charge in [-0.1, -0.05) is 12.1 Å². The fraction of sp³-hybridized carbons (Fsp3) is 0.381. The molecule has 0 saturated carbocycles. The van der Waals surface area contributed by atoms with Crippen LogP contribution in [0.1, 0.15) is 36.4 Å². The number of benzene rings is 2. The van der Waals surface area contributed by atoms with Crippen LogP contribution in [0.5, 0.6) is 11.5 Å². The van der Waals surface area contributed by atoms with Gasteiger partial charge in [-0.25, -0.2) is 4.39 Å². The van der Waals surface area contributed by atoms with Crippen LogP contribution >= 0.6 is 0 Å². The quantitative estimate of drug-likeness (QED) is 0.494. The van der Waals surface area contributed by atoms with E-state index in [-0.39, 0.29) is 17.8 Å². The summed E-state index contributed by atoms with van der Waals surface area (Å²) in [4.78, 5) is 13.6. The number of rotatable bonds is 6. The third kappa shape index (κ3) is 5.47. The summed E-state index contributed by atoms with van der Waals surface area (Å²) in [6, 6.07) is 9.41. The van der Waals surface area contributed by atoms with Crippen molar-refractivity contribution >= 4 is 6.29 Å². The van der Waals surface area contributed by atoms with Crippen LogP contribution in [0, 0.1) is 5.82 Å². The second kappa shape index (κ2) is 8.82. The normalized spacial score (nSPS) is 20.3. The topological polar surface area (TPSA) is 38.8 Å². The first-order valence-electron chi connectivity index (χ1n) is 9.19. The third-order valence-electron chi connectivity index (χ3n) is 5.00. The molecule has 2 aromatic rings. The lowest BCUT2D eigenvalue weighted by molar-refractivity contribution is -0.274. The molecule has 0 radical (unpaired) electrons. The van der Waals surface area contributed by atoms with Crippen molar-refractivity contribution in [3.63, 3.8) is 0 Å². The predicted octanol–water partition coefficient (Wildman–Crippen LogP) is 5.03. The van der Waals surface area contributed by atoms with E-state index in [1.165, 1.54) is 43.5 Å². The lowest BCUT2D eigenvalue weighted by atomic mass is 9.90. The Labute approximate surface area is 166 Å². The first-order valence-corrected chi connectivity index (χ1v) is 9.19. The molecule has 1 saturated heterocycles. The van der Waals surface area contributed by atoms with Gasteiger partial charge in [-0.15, -0.1) is 13.2 Å². The van der Waals surface area contributed by atoms with E-state index in [0.717, 1.165) is 24.7 Å². The lowest BCUT2D eigenvalue weighted by Gasteiger charge is -2.40. The second-order valence-electron chi connectivity index (χ2n) is 6.94. The highest BCUT2D eigenvalue weighted by molar-refractivity contribution is 5.58. The average molecular weight is 411 g/mol. The highest BCUT2D eigenvalue weighted by Gasteiger charge is 2.33. The number of aldehydes is 1. The van der Waals surface area contributed by atoms with Crippen LogP contribution in [0.15, 0.2) is 42.5 Å². The van der Waals surface area contributed by atoms with Crippen molar-refractivity contribution in [3.8, 4) is 11.5 Å². The number of carbonyl (C=O) groups is 1. The van der Waals surface area contributed by atoms with Gasteiger partial charge in [-0.3, -0.25) is 4.90 Å². The summed E-state index contributed by atoms with van der Waals surface area (Å²) in [5.74, 6) is -0.346. The molecule has 1 fully saturated rings. The molecular weight excluding hydrogens is 390 g/mol. The van der Waals surface area contributed by atoms with Crippen LogP contribution in [0.2, 0.25) is 0 Å². The van der Waals surface area contributed by atoms with Gasteiger partial charge in [0.05, 0.1) is 13.2 Å². The van der Waals surface area contributed by atoms with Crippen molar-refractivity contribution in [2.24, 2.45) is 0 Å². The van der Waals surface area contributed by atoms with Crippen LogP contribution in [0.4, 0.5) is 17.6 Å². The summed E-state index contributed by atoms with van der Waals surface area (Å²) in [7, 11) is 1.45. The Kier molecular flexibility index (Phi) is 6.42. The fourth-order valence-corrected chi connectivity index (χ4v) is 3.72. The van der Waals surface area contributed by atoms with Gasteiger partial charge < -0.3 is 14.3 Å². The smallest absolute Gasteiger partial charge is 0.497 e. The standard InChI is InChI=1S/C21H21F4NO3/c1-28-19-10-15(9-16(22)11-19)20-4-2-3-17(13-27)26(20)12-14-5-7-18(8-6-14)29-21(23,24)25/h5-11,13,17,20H,2-4,12H2,1H3. The van der Waals surface area contributed by atoms with E-state index >= 15 is 0 Å². The lowest BCUT2D eigenvalue weighted by Crippen LogP contribution is -2.42. The molecule has 29 heavy (non-hydrogen) atoms. The molecule has 1 aliphatic heterocycles. The number of hydrogen-bond donors (Lipinski definition) is 0. The number of halogens is 4. The van der Waals surface area contributed by atoms with E-state index in [0.29, 0.717) is 24.3 Å². The molecule has 0 aromatic heterocycles. The van der Waals surface area contributed by atoms with Gasteiger partial charge in [0.2, 0.25) is 0 Å². The number of alkyl halides is 3. The first kappa shape index (κ1) is 21.1. The number of methoxy groups -OCH3 is 1. The molecule has 1 heterocycles. The fourth-order valence-electron chi connectivity index (χ4n) is 3.72. The minimum atomic E-state index is -4.75. The van der Waals surface area contributed by atoms with Crippen LogP contribution < -0.4 is 9.47 Å². The van der Waals surface area contributed by atoms with E-state index in [1.807, 2.05) is 4.90 Å². The molecule has 0 amide bonds. The van der Waals surface area contributed by atoms with Gasteiger partial charge in [0.25, 0.3) is 0 Å². The van der Waals surface area contributed by atoms with E-state index in [9.17, 15) is 22.4 Å². The Hall–Kier alpha value is -2.61. The Morgan fingerprint density at radius 3 is 2.45 bits per heavy atom. The summed E-state index contributed by atoms with van der Waals surface area (Å²) in [6.07, 6.45) is -1.68. The van der Waals surface area contributed by atoms with Crippen molar-refractivity contribution in [3.05, 3.63) is 59.4 Å². The molecule has 0 spiro atoms. The Morgan fingerprint density at radius 2 is 1.83 bits per heavy atom. The van der Waals surface area contributed by atoms with Crippen molar-refractivity contribution in [1.29, 1.82) is 0 Å². The molecule has 0 bridgehead atoms. The molecule has 4 nitrogen and oxygen atoms in total. The molecule has 1 aliphatic rings. The number of hydrogen-bond acceptors (Lipinski definition) is 4. The van der Waals surface area contributed by atoms with Crippen LogP contribution in [-0.2, 0) is 11.3 Å². The van der Waals surface area contributed by atoms with Crippen molar-refractivity contribution in [2.75, 3.05) is 7.11 Å². The maximum Gasteiger partial charge on any atom is 0.573 e. The van der Waals surface area contributed by atoms with Gasteiger partial charge in [0, 0.05) is 18.7 Å². The minimum Gasteiger partial charge on any atom is -0.497 e. The maximum atomic E-state index is 14.0. The summed E-state index contributed by atoms with van der Waals surface area (Å²) in [5, 5.41) is 0. The molecule has 3 rings (SSSR count). The number of nitrogens with zero attached hydrogens (tertiary/aromatic N) is 1. The highest BCUT2D eigenvalue weighted by Crippen LogP contribution is 2.37. The van der Waals surface area contributed by atoms with E-state index < -0.39 is 12.2 Å². The zero-order chi connectivity index (χ0) is 21.0. The van der Waals surface area contributed by atoms with Crippen LogP contribution in [-0.4, -0.2) is 30.7 Å². The van der Waals surface area contributed by atoms with E-state index in [4.69, 9.17) is 4.74 Å². The first-order chi connectivity index (χ1) is 13.8. The number of carbonyl (C=O) groups excluding carboxylic acids is 1. The Morgan fingerprint density at radius 1 is 1.10 bits per heavy atom. The third-order valence-corrected chi connectivity index (χ3v) is 5.00. The summed E-state index contributed by atoms with van der Waals surface area (Å²) in [6.45, 7) is 0.333. The predicted molar refractivity (Wildman–Crippen MR) is 98.1 cm³/mol. The molecule has 156 valence electrons. The van der Waals surface area contributed by atoms with Gasteiger partial charge >= 0.3 is 6.36 Å². The molecule has 2 atom stereocenters. The Bertz CT molecular complexity index is 839. The van der Waals surface area contributed by atoms with Crippen molar-refractivity contribution < 1.29 is 31.8 Å². The Balaban J connectivity index is 1.85. The molecule has 2 aromatic carbocycles. The van der Waals surface area contributed by atoms with Gasteiger partial charge in [-0.2, -0.15) is 0 Å². The van der Waals surface area contributed by atoms with Crippen molar-refractivity contribution in [2.45, 2.75) is 44.3 Å². The van der Waals surface area contributed by atoms with Crippen LogP contribution in [0.3, 0.4) is 0 Å². The molecule has 8 heteroatoms. The monoisotopic (exact) mass is 411 g/mol. The minimum absolute atomic E-state index is 0.213. The van der Waals surface area contributed by atoms with Gasteiger partial charge in [-0.05, 0) is 54.7 Å². The summed E-state index contributed by atoms with van der Waals surface area (Å²) in [5.41, 5.74) is 1.42. The summed E-state index contributed by atoms with van der Waals surface area (Å²) >= 11 is 0. The van der Waals surface area contributed by atoms with Crippen molar-refractivity contribution in [1.82, 2.24) is 4.90 Å². The number of ether oxygens (including phenoxy) is 2. The van der Waals surface area contributed by atoms with Gasteiger partial charge in [0.1, 0.15) is 23.6 Å². The largest absolute Gasteiger partial charge is 0.573 e. The average Bonchev–Trinajstić information content (AvgIpc) is 2.68. The second-order valence-corrected chi connectivity index (χ2v) is 6.94. The number of likely N-dealkylation sites (tertiary alicyclic amines) is 1.